The lowest BCUT2D eigenvalue weighted by atomic mass is 10.1. The number of amides is 1. The summed E-state index contributed by atoms with van der Waals surface area (Å²) in [5, 5.41) is 17.0. The summed E-state index contributed by atoms with van der Waals surface area (Å²) in [6, 6.07) is 7.48. The van der Waals surface area contributed by atoms with Crippen LogP contribution in [0.5, 0.6) is 0 Å². The number of nitrogens with zero attached hydrogens (tertiary/aromatic N) is 5. The highest BCUT2D eigenvalue weighted by atomic mass is 19.1. The van der Waals surface area contributed by atoms with Gasteiger partial charge < -0.3 is 15.3 Å². The standard InChI is InChI=1S/C23H22F2N6O3/c1-13(32)19-8-18(29-31(19)10-14-4-2-3-5-16(14)24)20-26-9-17(25)21(28-20)30-11-15(12-30)27-22(33)23(34)6-7-23/h2-5,8-9,15,34H,6-7,10-12H2,1H3,(H,27,33). The van der Waals surface area contributed by atoms with Crippen LogP contribution >= 0.6 is 0 Å². The number of rotatable bonds is 7. The molecular weight excluding hydrogens is 446 g/mol. The third kappa shape index (κ3) is 4.14. The van der Waals surface area contributed by atoms with E-state index in [4.69, 9.17) is 0 Å². The molecule has 0 atom stereocenters. The molecule has 2 aromatic heterocycles. The number of aliphatic hydroxyl groups is 1. The van der Waals surface area contributed by atoms with Gasteiger partial charge in [-0.2, -0.15) is 5.10 Å². The third-order valence-electron chi connectivity index (χ3n) is 6.04. The first-order valence-electron chi connectivity index (χ1n) is 10.9. The fourth-order valence-electron chi connectivity index (χ4n) is 3.83. The minimum Gasteiger partial charge on any atom is -0.380 e. The number of hydrogen-bond acceptors (Lipinski definition) is 7. The van der Waals surface area contributed by atoms with Gasteiger partial charge in [-0.15, -0.1) is 0 Å². The normalized spacial score (nSPS) is 16.8. The van der Waals surface area contributed by atoms with Crippen LogP contribution in [-0.2, 0) is 11.3 Å². The number of carbonyl (C=O) groups excluding carboxylic acids is 2. The van der Waals surface area contributed by atoms with Crippen molar-refractivity contribution in [2.75, 3.05) is 18.0 Å². The first-order chi connectivity index (χ1) is 16.2. The van der Waals surface area contributed by atoms with Crippen LogP contribution in [0.1, 0.15) is 35.8 Å². The molecule has 176 valence electrons. The molecule has 1 saturated heterocycles. The van der Waals surface area contributed by atoms with Crippen LogP contribution < -0.4 is 10.2 Å². The Morgan fingerprint density at radius 2 is 1.94 bits per heavy atom. The second-order valence-electron chi connectivity index (χ2n) is 8.69. The maximum Gasteiger partial charge on any atom is 0.252 e. The van der Waals surface area contributed by atoms with Crippen molar-refractivity contribution >= 4 is 17.5 Å². The number of halogens is 2. The van der Waals surface area contributed by atoms with Crippen molar-refractivity contribution in [1.82, 2.24) is 25.1 Å². The van der Waals surface area contributed by atoms with E-state index >= 15 is 0 Å². The predicted octanol–water partition coefficient (Wildman–Crippen LogP) is 1.70. The maximum atomic E-state index is 14.5. The SMILES string of the molecule is CC(=O)c1cc(-c2ncc(F)c(N3CC(NC(=O)C4(O)CC4)C3)n2)nn1Cc1ccccc1F. The largest absolute Gasteiger partial charge is 0.380 e. The second kappa shape index (κ2) is 8.24. The molecule has 2 aliphatic rings. The summed E-state index contributed by atoms with van der Waals surface area (Å²) < 4.78 is 30.0. The van der Waals surface area contributed by atoms with E-state index in [0.29, 0.717) is 31.5 Å². The average molecular weight is 468 g/mol. The van der Waals surface area contributed by atoms with Gasteiger partial charge in [0.2, 0.25) is 0 Å². The van der Waals surface area contributed by atoms with Gasteiger partial charge in [-0.3, -0.25) is 14.3 Å². The summed E-state index contributed by atoms with van der Waals surface area (Å²) in [5.74, 6) is -1.55. The number of ketones is 1. The van der Waals surface area contributed by atoms with Crippen molar-refractivity contribution in [2.24, 2.45) is 0 Å². The Morgan fingerprint density at radius 1 is 1.21 bits per heavy atom. The summed E-state index contributed by atoms with van der Waals surface area (Å²) >= 11 is 0. The second-order valence-corrected chi connectivity index (χ2v) is 8.69. The number of aromatic nitrogens is 4. The van der Waals surface area contributed by atoms with Crippen LogP contribution in [0.4, 0.5) is 14.6 Å². The van der Waals surface area contributed by atoms with Gasteiger partial charge in [0.15, 0.2) is 23.2 Å². The van der Waals surface area contributed by atoms with Gasteiger partial charge >= 0.3 is 0 Å². The van der Waals surface area contributed by atoms with Crippen molar-refractivity contribution in [2.45, 2.75) is 38.0 Å². The molecule has 2 N–H and O–H groups in total. The molecule has 3 heterocycles. The number of carbonyl (C=O) groups is 2. The Morgan fingerprint density at radius 3 is 2.62 bits per heavy atom. The first kappa shape index (κ1) is 22.1. The first-order valence-corrected chi connectivity index (χ1v) is 10.9. The van der Waals surface area contributed by atoms with Gasteiger partial charge in [0, 0.05) is 25.6 Å². The molecule has 34 heavy (non-hydrogen) atoms. The van der Waals surface area contributed by atoms with Crippen molar-refractivity contribution in [3.05, 3.63) is 59.4 Å². The molecule has 3 aromatic rings. The molecule has 0 unspecified atom stereocenters. The number of anilines is 1. The van der Waals surface area contributed by atoms with Crippen LogP contribution in [0.2, 0.25) is 0 Å². The zero-order valence-electron chi connectivity index (χ0n) is 18.3. The summed E-state index contributed by atoms with van der Waals surface area (Å²) in [5.41, 5.74) is -0.393. The fraction of sp³-hybridized carbons (Fsp3) is 0.348. The van der Waals surface area contributed by atoms with E-state index < -0.39 is 23.1 Å². The number of nitrogens with one attached hydrogen (secondary N) is 1. The summed E-state index contributed by atoms with van der Waals surface area (Å²) in [4.78, 5) is 34.1. The Balaban J connectivity index is 1.35. The zero-order valence-corrected chi connectivity index (χ0v) is 18.3. The molecule has 1 aliphatic heterocycles. The van der Waals surface area contributed by atoms with Crippen LogP contribution in [0.3, 0.4) is 0 Å². The molecule has 2 fully saturated rings. The summed E-state index contributed by atoms with van der Waals surface area (Å²) in [7, 11) is 0. The maximum absolute atomic E-state index is 14.5. The van der Waals surface area contributed by atoms with Crippen LogP contribution in [0.25, 0.3) is 11.5 Å². The van der Waals surface area contributed by atoms with Crippen molar-refractivity contribution in [1.29, 1.82) is 0 Å². The van der Waals surface area contributed by atoms with Crippen molar-refractivity contribution < 1.29 is 23.5 Å². The highest BCUT2D eigenvalue weighted by molar-refractivity contribution is 5.93. The highest BCUT2D eigenvalue weighted by Crippen LogP contribution is 2.35. The van der Waals surface area contributed by atoms with Gasteiger partial charge in [-0.1, -0.05) is 18.2 Å². The van der Waals surface area contributed by atoms with Crippen LogP contribution in [0.15, 0.2) is 36.5 Å². The Hall–Kier alpha value is -3.73. The Labute approximate surface area is 193 Å². The van der Waals surface area contributed by atoms with E-state index in [0.717, 1.165) is 6.20 Å². The molecule has 0 spiro atoms. The topological polar surface area (TPSA) is 113 Å². The van der Waals surface area contributed by atoms with E-state index in [1.54, 1.807) is 23.1 Å². The Kier molecular flexibility index (Phi) is 5.35. The molecule has 1 aliphatic carbocycles. The average Bonchev–Trinajstić information content (AvgIpc) is 3.39. The van der Waals surface area contributed by atoms with Crippen LogP contribution in [0, 0.1) is 11.6 Å². The van der Waals surface area contributed by atoms with E-state index in [1.165, 1.54) is 23.7 Å². The quantitative estimate of drug-likeness (QED) is 0.508. The monoisotopic (exact) mass is 468 g/mol. The van der Waals surface area contributed by atoms with Crippen molar-refractivity contribution in [3.8, 4) is 11.5 Å². The summed E-state index contributed by atoms with van der Waals surface area (Å²) in [6.07, 6.45) is 1.93. The molecule has 1 saturated carbocycles. The predicted molar refractivity (Wildman–Crippen MR) is 117 cm³/mol. The van der Waals surface area contributed by atoms with Gasteiger partial charge in [0.05, 0.1) is 18.8 Å². The lowest BCUT2D eigenvalue weighted by Gasteiger charge is -2.40. The molecule has 11 heteroatoms. The van der Waals surface area contributed by atoms with Crippen molar-refractivity contribution in [3.63, 3.8) is 0 Å². The van der Waals surface area contributed by atoms with Crippen LogP contribution in [-0.4, -0.2) is 61.3 Å². The van der Waals surface area contributed by atoms with E-state index in [-0.39, 0.29) is 41.4 Å². The van der Waals surface area contributed by atoms with E-state index in [1.807, 2.05) is 0 Å². The number of hydrogen-bond donors (Lipinski definition) is 2. The Bertz CT molecular complexity index is 1280. The van der Waals surface area contributed by atoms with Gasteiger partial charge in [-0.25, -0.2) is 18.7 Å². The number of benzene rings is 1. The fourth-order valence-corrected chi connectivity index (χ4v) is 3.83. The molecule has 1 aromatic carbocycles. The van der Waals surface area contributed by atoms with Gasteiger partial charge in [0.25, 0.3) is 5.91 Å². The molecular formula is C23H22F2N6O3. The zero-order chi connectivity index (χ0) is 24.0. The highest BCUT2D eigenvalue weighted by Gasteiger charge is 2.49. The van der Waals surface area contributed by atoms with Gasteiger partial charge in [-0.05, 0) is 25.0 Å². The molecule has 0 bridgehead atoms. The lowest BCUT2D eigenvalue weighted by molar-refractivity contribution is -0.132. The van der Waals surface area contributed by atoms with E-state index in [9.17, 15) is 23.5 Å². The lowest BCUT2D eigenvalue weighted by Crippen LogP contribution is -2.61. The number of Topliss-reactive ketones (excluding diaryl/α,β-unsaturated/α-hetero) is 1. The smallest absolute Gasteiger partial charge is 0.252 e. The third-order valence-corrected chi connectivity index (χ3v) is 6.04. The molecule has 0 radical (unpaired) electrons. The summed E-state index contributed by atoms with van der Waals surface area (Å²) in [6.45, 7) is 2.07. The van der Waals surface area contributed by atoms with Gasteiger partial charge in [0.1, 0.15) is 22.8 Å². The minimum atomic E-state index is -1.26. The van der Waals surface area contributed by atoms with E-state index in [2.05, 4.69) is 20.4 Å². The minimum absolute atomic E-state index is 0.0372. The molecule has 1 amide bonds. The molecule has 9 nitrogen and oxygen atoms in total. The molecule has 5 rings (SSSR count).